The third-order valence-corrected chi connectivity index (χ3v) is 4.51. The third-order valence-electron chi connectivity index (χ3n) is 2.44. The molecule has 2 heterocycles. The van der Waals surface area contributed by atoms with E-state index in [-0.39, 0.29) is 11.9 Å². The van der Waals surface area contributed by atoms with E-state index in [1.165, 1.54) is 11.3 Å². The molecular formula is C12H16N4OS2. The zero-order chi connectivity index (χ0) is 13.8. The quantitative estimate of drug-likeness (QED) is 0.883. The Morgan fingerprint density at radius 3 is 2.79 bits per heavy atom. The lowest BCUT2D eigenvalue weighted by Gasteiger charge is -2.01. The Morgan fingerprint density at radius 2 is 2.21 bits per heavy atom. The van der Waals surface area contributed by atoms with E-state index >= 15 is 0 Å². The first kappa shape index (κ1) is 14.1. The van der Waals surface area contributed by atoms with E-state index in [9.17, 15) is 4.79 Å². The minimum Gasteiger partial charge on any atom is -0.350 e. The maximum absolute atomic E-state index is 11.9. The van der Waals surface area contributed by atoms with Crippen molar-refractivity contribution in [2.45, 2.75) is 26.3 Å². The van der Waals surface area contributed by atoms with Gasteiger partial charge >= 0.3 is 0 Å². The molecule has 19 heavy (non-hydrogen) atoms. The second kappa shape index (κ2) is 6.23. The first-order valence-corrected chi connectivity index (χ1v) is 7.72. The summed E-state index contributed by atoms with van der Waals surface area (Å²) in [6, 6.07) is -0.134. The van der Waals surface area contributed by atoms with E-state index in [1.54, 1.807) is 16.7 Å². The second-order valence-electron chi connectivity index (χ2n) is 4.25. The second-order valence-corrected chi connectivity index (χ2v) is 6.08. The minimum absolute atomic E-state index is 0.134. The molecule has 7 heteroatoms. The molecule has 3 N–H and O–H groups in total. The number of rotatable bonds is 5. The molecule has 5 nitrogen and oxygen atoms in total. The Morgan fingerprint density at radius 1 is 1.42 bits per heavy atom. The van der Waals surface area contributed by atoms with Gasteiger partial charge in [0, 0.05) is 29.4 Å². The van der Waals surface area contributed by atoms with Gasteiger partial charge in [0.25, 0.3) is 5.91 Å². The van der Waals surface area contributed by atoms with Crippen LogP contribution in [0.2, 0.25) is 0 Å². The van der Waals surface area contributed by atoms with Crippen LogP contribution >= 0.6 is 22.7 Å². The average Bonchev–Trinajstić information content (AvgIpc) is 2.98. The van der Waals surface area contributed by atoms with Crippen LogP contribution in [-0.4, -0.2) is 22.4 Å². The molecule has 0 aliphatic heterocycles. The van der Waals surface area contributed by atoms with Crippen LogP contribution < -0.4 is 11.1 Å². The Balaban J connectivity index is 1.83. The van der Waals surface area contributed by atoms with Gasteiger partial charge < -0.3 is 11.1 Å². The summed E-state index contributed by atoms with van der Waals surface area (Å²) in [7, 11) is 0. The van der Waals surface area contributed by atoms with E-state index in [4.69, 9.17) is 5.73 Å². The number of amides is 1. The highest BCUT2D eigenvalue weighted by molar-refractivity contribution is 7.10. The van der Waals surface area contributed by atoms with Crippen molar-refractivity contribution in [3.8, 4) is 0 Å². The standard InChI is InChI=1S/C12H16N4OS2/c1-7-5-18-10(15-7)3-4-14-11(17)9-6-19-12(16-9)8(2)13/h5-6,8H,3-4,13H2,1-2H3,(H,14,17). The monoisotopic (exact) mass is 296 g/mol. The van der Waals surface area contributed by atoms with Gasteiger partial charge in [-0.3, -0.25) is 4.79 Å². The van der Waals surface area contributed by atoms with Crippen molar-refractivity contribution in [2.24, 2.45) is 5.73 Å². The minimum atomic E-state index is -0.156. The number of nitrogens with two attached hydrogens (primary N) is 1. The van der Waals surface area contributed by atoms with Gasteiger partial charge in [-0.1, -0.05) is 0 Å². The smallest absolute Gasteiger partial charge is 0.270 e. The largest absolute Gasteiger partial charge is 0.350 e. The topological polar surface area (TPSA) is 80.9 Å². The molecule has 0 aromatic carbocycles. The van der Waals surface area contributed by atoms with Gasteiger partial charge in [0.15, 0.2) is 0 Å². The van der Waals surface area contributed by atoms with Crippen LogP contribution in [0.3, 0.4) is 0 Å². The van der Waals surface area contributed by atoms with E-state index < -0.39 is 0 Å². The van der Waals surface area contributed by atoms with Crippen molar-refractivity contribution >= 4 is 28.6 Å². The van der Waals surface area contributed by atoms with Crippen molar-refractivity contribution in [3.05, 3.63) is 32.2 Å². The van der Waals surface area contributed by atoms with Crippen LogP contribution in [-0.2, 0) is 6.42 Å². The highest BCUT2D eigenvalue weighted by atomic mass is 32.1. The zero-order valence-corrected chi connectivity index (χ0v) is 12.5. The lowest BCUT2D eigenvalue weighted by Crippen LogP contribution is -2.26. The average molecular weight is 296 g/mol. The maximum Gasteiger partial charge on any atom is 0.270 e. The van der Waals surface area contributed by atoms with Gasteiger partial charge in [-0.2, -0.15) is 0 Å². The predicted octanol–water partition coefficient (Wildman–Crippen LogP) is 1.90. The molecule has 1 unspecified atom stereocenters. The fourth-order valence-corrected chi connectivity index (χ4v) is 3.03. The molecule has 0 spiro atoms. The van der Waals surface area contributed by atoms with E-state index in [2.05, 4.69) is 15.3 Å². The summed E-state index contributed by atoms with van der Waals surface area (Å²) in [5.74, 6) is -0.156. The number of nitrogens with one attached hydrogen (secondary N) is 1. The van der Waals surface area contributed by atoms with Crippen LogP contribution in [0.15, 0.2) is 10.8 Å². The van der Waals surface area contributed by atoms with E-state index in [0.29, 0.717) is 12.2 Å². The number of thiazole rings is 2. The first-order chi connectivity index (χ1) is 9.06. The van der Waals surface area contributed by atoms with Gasteiger partial charge in [-0.15, -0.1) is 22.7 Å². The maximum atomic E-state index is 11.9. The molecule has 1 amide bonds. The number of aryl methyl sites for hydroxylation is 1. The molecule has 2 aromatic heterocycles. The molecule has 0 aliphatic carbocycles. The fraction of sp³-hybridized carbons (Fsp3) is 0.417. The Kier molecular flexibility index (Phi) is 4.62. The number of aromatic nitrogens is 2. The molecule has 0 saturated carbocycles. The Labute approximate surface area is 119 Å². The number of carbonyl (C=O) groups excluding carboxylic acids is 1. The van der Waals surface area contributed by atoms with Crippen molar-refractivity contribution in [1.82, 2.24) is 15.3 Å². The van der Waals surface area contributed by atoms with Gasteiger partial charge in [-0.05, 0) is 13.8 Å². The normalized spacial score (nSPS) is 12.4. The molecule has 102 valence electrons. The summed E-state index contributed by atoms with van der Waals surface area (Å²) in [5, 5.41) is 8.40. The van der Waals surface area contributed by atoms with E-state index in [0.717, 1.165) is 22.1 Å². The van der Waals surface area contributed by atoms with Gasteiger partial charge in [0.2, 0.25) is 0 Å². The first-order valence-electron chi connectivity index (χ1n) is 5.96. The van der Waals surface area contributed by atoms with Crippen LogP contribution in [0.5, 0.6) is 0 Å². The summed E-state index contributed by atoms with van der Waals surface area (Å²) in [5.41, 5.74) is 7.17. The number of hydrogen-bond donors (Lipinski definition) is 2. The summed E-state index contributed by atoms with van der Waals surface area (Å²) in [6.07, 6.45) is 0.745. The lowest BCUT2D eigenvalue weighted by atomic mass is 10.3. The molecule has 2 aromatic rings. The van der Waals surface area contributed by atoms with Crippen molar-refractivity contribution in [3.63, 3.8) is 0 Å². The summed E-state index contributed by atoms with van der Waals surface area (Å²) in [4.78, 5) is 20.4. The highest BCUT2D eigenvalue weighted by Gasteiger charge is 2.12. The van der Waals surface area contributed by atoms with Crippen LogP contribution in [0.25, 0.3) is 0 Å². The lowest BCUT2D eigenvalue weighted by molar-refractivity contribution is 0.0949. The van der Waals surface area contributed by atoms with Crippen molar-refractivity contribution < 1.29 is 4.79 Å². The highest BCUT2D eigenvalue weighted by Crippen LogP contribution is 2.15. The molecule has 0 radical (unpaired) electrons. The van der Waals surface area contributed by atoms with Crippen molar-refractivity contribution in [1.29, 1.82) is 0 Å². The molecule has 0 saturated heterocycles. The van der Waals surface area contributed by atoms with Crippen LogP contribution in [0.1, 0.15) is 39.2 Å². The predicted molar refractivity (Wildman–Crippen MR) is 77.6 cm³/mol. The van der Waals surface area contributed by atoms with Crippen LogP contribution in [0.4, 0.5) is 0 Å². The van der Waals surface area contributed by atoms with Gasteiger partial charge in [-0.25, -0.2) is 9.97 Å². The molecule has 1 atom stereocenters. The molecule has 0 bridgehead atoms. The number of nitrogens with zero attached hydrogens (tertiary/aromatic N) is 2. The molecule has 2 rings (SSSR count). The molecular weight excluding hydrogens is 280 g/mol. The van der Waals surface area contributed by atoms with Crippen LogP contribution in [0, 0.1) is 6.92 Å². The Hall–Kier alpha value is -1.31. The van der Waals surface area contributed by atoms with Gasteiger partial charge in [0.1, 0.15) is 10.7 Å². The fourth-order valence-electron chi connectivity index (χ4n) is 1.49. The molecule has 0 fully saturated rings. The number of carbonyl (C=O) groups is 1. The SMILES string of the molecule is Cc1csc(CCNC(=O)c2csc(C(C)N)n2)n1. The molecule has 0 aliphatic rings. The van der Waals surface area contributed by atoms with E-state index in [1.807, 2.05) is 19.2 Å². The Bertz CT molecular complexity index is 562. The zero-order valence-electron chi connectivity index (χ0n) is 10.8. The summed E-state index contributed by atoms with van der Waals surface area (Å²) in [6.45, 7) is 4.38. The number of hydrogen-bond acceptors (Lipinski definition) is 6. The summed E-state index contributed by atoms with van der Waals surface area (Å²) < 4.78 is 0. The third kappa shape index (κ3) is 3.82. The van der Waals surface area contributed by atoms with Gasteiger partial charge in [0.05, 0.1) is 11.0 Å². The summed E-state index contributed by atoms with van der Waals surface area (Å²) >= 11 is 3.02. The van der Waals surface area contributed by atoms with Crippen molar-refractivity contribution in [2.75, 3.05) is 6.54 Å².